The lowest BCUT2D eigenvalue weighted by Crippen LogP contribution is -1.99. The zero-order chi connectivity index (χ0) is 21.2. The Morgan fingerprint density at radius 1 is 1.17 bits per heavy atom. The number of ether oxygens (including phenoxy) is 1. The van der Waals surface area contributed by atoms with Gasteiger partial charge in [-0.1, -0.05) is 68.5 Å². The monoisotopic (exact) mass is 407 g/mol. The van der Waals surface area contributed by atoms with Crippen molar-refractivity contribution in [3.8, 4) is 0 Å². The number of halogens is 1. The number of hydrogen-bond donors (Lipinski definition) is 0. The van der Waals surface area contributed by atoms with Crippen LogP contribution < -0.4 is 0 Å². The lowest BCUT2D eigenvalue weighted by Gasteiger charge is -2.15. The Kier molecular flexibility index (Phi) is 8.95. The molecule has 0 aliphatic rings. The molecule has 0 saturated heterocycles. The first-order valence-corrected chi connectivity index (χ1v) is 10.5. The normalized spacial score (nSPS) is 12.0. The van der Waals surface area contributed by atoms with E-state index in [1.165, 1.54) is 5.56 Å². The molecule has 0 saturated carbocycles. The summed E-state index contributed by atoms with van der Waals surface area (Å²) in [6, 6.07) is 12.0. The van der Waals surface area contributed by atoms with Gasteiger partial charge < -0.3 is 4.74 Å². The SMILES string of the molecule is C=C/C=C\C(=C(/C)c1cccc(C(=C)OCC)n1)c1cc(Cl)ccc1CCCC. The van der Waals surface area contributed by atoms with E-state index in [4.69, 9.17) is 21.3 Å². The van der Waals surface area contributed by atoms with Crippen LogP contribution in [0, 0.1) is 0 Å². The molecule has 1 aromatic carbocycles. The number of hydrogen-bond acceptors (Lipinski definition) is 2. The van der Waals surface area contributed by atoms with Gasteiger partial charge in [-0.05, 0) is 73.2 Å². The zero-order valence-electron chi connectivity index (χ0n) is 17.7. The molecule has 2 nitrogen and oxygen atoms in total. The summed E-state index contributed by atoms with van der Waals surface area (Å²) in [5, 5.41) is 0.726. The molecule has 2 rings (SSSR count). The lowest BCUT2D eigenvalue weighted by molar-refractivity contribution is 0.298. The van der Waals surface area contributed by atoms with Gasteiger partial charge in [0.25, 0.3) is 0 Å². The van der Waals surface area contributed by atoms with Crippen molar-refractivity contribution in [2.24, 2.45) is 0 Å². The number of nitrogens with zero attached hydrogens (tertiary/aromatic N) is 1. The van der Waals surface area contributed by atoms with E-state index in [9.17, 15) is 0 Å². The molecular weight excluding hydrogens is 378 g/mol. The van der Waals surface area contributed by atoms with Crippen molar-refractivity contribution in [3.63, 3.8) is 0 Å². The van der Waals surface area contributed by atoms with Crippen LogP contribution >= 0.6 is 11.6 Å². The van der Waals surface area contributed by atoms with Gasteiger partial charge in [0.1, 0.15) is 11.5 Å². The molecule has 152 valence electrons. The Morgan fingerprint density at radius 2 is 1.93 bits per heavy atom. The smallest absolute Gasteiger partial charge is 0.137 e. The van der Waals surface area contributed by atoms with Gasteiger partial charge in [0.15, 0.2) is 0 Å². The molecule has 0 radical (unpaired) electrons. The van der Waals surface area contributed by atoms with Crippen molar-refractivity contribution in [1.82, 2.24) is 4.98 Å². The molecule has 0 amide bonds. The highest BCUT2D eigenvalue weighted by Crippen LogP contribution is 2.32. The van der Waals surface area contributed by atoms with E-state index in [1.54, 1.807) is 6.08 Å². The number of aryl methyl sites for hydroxylation is 1. The van der Waals surface area contributed by atoms with Crippen LogP contribution in [0.1, 0.15) is 56.1 Å². The fourth-order valence-corrected chi connectivity index (χ4v) is 3.32. The van der Waals surface area contributed by atoms with Gasteiger partial charge in [-0.2, -0.15) is 0 Å². The molecule has 1 heterocycles. The summed E-state index contributed by atoms with van der Waals surface area (Å²) < 4.78 is 5.53. The minimum absolute atomic E-state index is 0.566. The van der Waals surface area contributed by atoms with Gasteiger partial charge in [0.05, 0.1) is 12.3 Å². The molecule has 0 fully saturated rings. The van der Waals surface area contributed by atoms with Gasteiger partial charge in [-0.25, -0.2) is 4.98 Å². The van der Waals surface area contributed by atoms with Crippen LogP contribution in [0.3, 0.4) is 0 Å². The Bertz CT molecular complexity index is 924. The fraction of sp³-hybridized carbons (Fsp3) is 0.269. The van der Waals surface area contributed by atoms with Crippen LogP contribution in [-0.4, -0.2) is 11.6 Å². The average Bonchev–Trinajstić information content (AvgIpc) is 2.73. The highest BCUT2D eigenvalue weighted by atomic mass is 35.5. The maximum absolute atomic E-state index is 6.37. The van der Waals surface area contributed by atoms with Crippen LogP contribution in [-0.2, 0) is 11.2 Å². The minimum Gasteiger partial charge on any atom is -0.492 e. The van der Waals surface area contributed by atoms with Crippen LogP contribution in [0.25, 0.3) is 16.9 Å². The van der Waals surface area contributed by atoms with Crippen molar-refractivity contribution >= 4 is 28.5 Å². The van der Waals surface area contributed by atoms with Crippen LogP contribution in [0.2, 0.25) is 5.02 Å². The largest absolute Gasteiger partial charge is 0.492 e. The topological polar surface area (TPSA) is 22.1 Å². The van der Waals surface area contributed by atoms with Gasteiger partial charge >= 0.3 is 0 Å². The Morgan fingerprint density at radius 3 is 2.62 bits per heavy atom. The van der Waals surface area contributed by atoms with Crippen molar-refractivity contribution in [3.05, 3.63) is 95.3 Å². The molecule has 29 heavy (non-hydrogen) atoms. The molecule has 3 heteroatoms. The third-order valence-corrected chi connectivity index (χ3v) is 4.94. The second-order valence-corrected chi connectivity index (χ2v) is 7.24. The summed E-state index contributed by atoms with van der Waals surface area (Å²) in [4.78, 5) is 4.78. The van der Waals surface area contributed by atoms with E-state index in [1.807, 2.05) is 43.3 Å². The molecular formula is C26H30ClNO. The summed E-state index contributed by atoms with van der Waals surface area (Å²) in [5.74, 6) is 0.580. The molecule has 0 aliphatic heterocycles. The summed E-state index contributed by atoms with van der Waals surface area (Å²) in [6.45, 7) is 14.6. The maximum Gasteiger partial charge on any atom is 0.137 e. The van der Waals surface area contributed by atoms with Gasteiger partial charge in [0, 0.05) is 5.02 Å². The first-order valence-electron chi connectivity index (χ1n) is 10.1. The number of aromatic nitrogens is 1. The maximum atomic E-state index is 6.37. The molecule has 0 bridgehead atoms. The summed E-state index contributed by atoms with van der Waals surface area (Å²) in [5.41, 5.74) is 6.20. The highest BCUT2D eigenvalue weighted by Gasteiger charge is 2.13. The van der Waals surface area contributed by atoms with E-state index < -0.39 is 0 Å². The van der Waals surface area contributed by atoms with Crippen molar-refractivity contribution in [2.45, 2.75) is 40.0 Å². The van der Waals surface area contributed by atoms with E-state index in [0.29, 0.717) is 12.4 Å². The number of allylic oxidation sites excluding steroid dienone is 5. The predicted molar refractivity (Wildman–Crippen MR) is 127 cm³/mol. The number of pyridine rings is 1. The quantitative estimate of drug-likeness (QED) is 0.296. The van der Waals surface area contributed by atoms with Crippen LogP contribution in [0.15, 0.2) is 67.8 Å². The second kappa shape index (κ2) is 11.4. The molecule has 1 aromatic heterocycles. The van der Waals surface area contributed by atoms with Crippen molar-refractivity contribution in [1.29, 1.82) is 0 Å². The Balaban J connectivity index is 2.63. The van der Waals surface area contributed by atoms with E-state index in [2.05, 4.69) is 39.1 Å². The number of rotatable bonds is 10. The van der Waals surface area contributed by atoms with Gasteiger partial charge in [-0.15, -0.1) is 0 Å². The summed E-state index contributed by atoms with van der Waals surface area (Å²) in [6.07, 6.45) is 9.10. The fourth-order valence-electron chi connectivity index (χ4n) is 3.15. The first kappa shape index (κ1) is 22.7. The molecule has 0 unspecified atom stereocenters. The molecule has 0 atom stereocenters. The summed E-state index contributed by atoms with van der Waals surface area (Å²) in [7, 11) is 0. The third kappa shape index (κ3) is 6.20. The lowest BCUT2D eigenvalue weighted by atomic mass is 9.91. The predicted octanol–water partition coefficient (Wildman–Crippen LogP) is 7.76. The van der Waals surface area contributed by atoms with Gasteiger partial charge in [0.2, 0.25) is 0 Å². The zero-order valence-corrected chi connectivity index (χ0v) is 18.4. The standard InChI is InChI=1S/C26H30ClNO/c1-6-9-12-21-16-17-22(27)18-24(21)23(13-10-7-2)19(4)25-14-11-15-26(28-25)20(5)29-8-3/h7,10-11,13-18H,2,5-6,8-9,12H2,1,3-4H3/b13-10-,23-19-. The molecule has 0 N–H and O–H groups in total. The minimum atomic E-state index is 0.566. The van der Waals surface area contributed by atoms with Crippen molar-refractivity contribution in [2.75, 3.05) is 6.61 Å². The van der Waals surface area contributed by atoms with E-state index >= 15 is 0 Å². The van der Waals surface area contributed by atoms with Gasteiger partial charge in [-0.3, -0.25) is 0 Å². The van der Waals surface area contributed by atoms with Crippen molar-refractivity contribution < 1.29 is 4.74 Å². The van der Waals surface area contributed by atoms with Crippen LogP contribution in [0.5, 0.6) is 0 Å². The Labute approximate surface area is 180 Å². The second-order valence-electron chi connectivity index (χ2n) is 6.80. The first-order chi connectivity index (χ1) is 14.0. The van der Waals surface area contributed by atoms with Crippen LogP contribution in [0.4, 0.5) is 0 Å². The highest BCUT2D eigenvalue weighted by molar-refractivity contribution is 6.30. The van der Waals surface area contributed by atoms with E-state index in [-0.39, 0.29) is 0 Å². The Hall–Kier alpha value is -2.58. The average molecular weight is 408 g/mol. The summed E-state index contributed by atoms with van der Waals surface area (Å²) >= 11 is 6.37. The molecule has 0 spiro atoms. The van der Waals surface area contributed by atoms with E-state index in [0.717, 1.165) is 52.4 Å². The number of unbranched alkanes of at least 4 members (excludes halogenated alkanes) is 1. The third-order valence-electron chi connectivity index (χ3n) is 4.70. The molecule has 2 aromatic rings. The molecule has 0 aliphatic carbocycles. The number of benzene rings is 1.